The number of carbonyl (C=O) groups excluding carboxylic acids is 1. The van der Waals surface area contributed by atoms with Crippen molar-refractivity contribution in [2.45, 2.75) is 13.2 Å². The van der Waals surface area contributed by atoms with Crippen molar-refractivity contribution < 1.29 is 23.0 Å². The Balaban J connectivity index is 2.19. The van der Waals surface area contributed by atoms with Crippen molar-refractivity contribution in [1.29, 1.82) is 0 Å². The molecular formula is C12H8F2N2O3. The number of rotatable bonds is 2. The van der Waals surface area contributed by atoms with E-state index in [1.165, 1.54) is 23.0 Å². The van der Waals surface area contributed by atoms with Gasteiger partial charge in [-0.2, -0.15) is 0 Å². The van der Waals surface area contributed by atoms with Gasteiger partial charge in [-0.3, -0.25) is 4.79 Å². The maximum absolute atomic E-state index is 13.2. The van der Waals surface area contributed by atoms with E-state index in [2.05, 4.69) is 14.5 Å². The van der Waals surface area contributed by atoms with E-state index in [-0.39, 0.29) is 17.1 Å². The maximum atomic E-state index is 13.2. The van der Waals surface area contributed by atoms with E-state index in [1.54, 1.807) is 13.1 Å². The largest absolute Gasteiger partial charge is 0.586 e. The first-order valence-electron chi connectivity index (χ1n) is 5.39. The Morgan fingerprint density at radius 3 is 2.68 bits per heavy atom. The SMILES string of the molecule is Cc1cn(-c2ccc(C=O)c3c2OC(F)(F)O3)cn1. The quantitative estimate of drug-likeness (QED) is 0.783. The number of carbonyl (C=O) groups is 1. The third-order valence-electron chi connectivity index (χ3n) is 2.68. The van der Waals surface area contributed by atoms with Crippen LogP contribution in [0.5, 0.6) is 11.5 Å². The zero-order valence-electron chi connectivity index (χ0n) is 9.76. The van der Waals surface area contributed by atoms with E-state index in [0.717, 1.165) is 5.69 Å². The van der Waals surface area contributed by atoms with Gasteiger partial charge in [0.15, 0.2) is 17.8 Å². The molecule has 0 amide bonds. The molecule has 3 rings (SSSR count). The number of aldehydes is 1. The van der Waals surface area contributed by atoms with Crippen LogP contribution in [0.15, 0.2) is 24.7 Å². The van der Waals surface area contributed by atoms with E-state index in [9.17, 15) is 13.6 Å². The number of ether oxygens (including phenoxy) is 2. The number of hydrogen-bond donors (Lipinski definition) is 0. The zero-order valence-corrected chi connectivity index (χ0v) is 9.76. The van der Waals surface area contributed by atoms with Crippen molar-refractivity contribution in [3.63, 3.8) is 0 Å². The number of nitrogens with zero attached hydrogens (tertiary/aromatic N) is 2. The highest BCUT2D eigenvalue weighted by Crippen LogP contribution is 2.46. The van der Waals surface area contributed by atoms with Crippen LogP contribution in [0.4, 0.5) is 8.78 Å². The van der Waals surface area contributed by atoms with Gasteiger partial charge in [0, 0.05) is 6.20 Å². The number of benzene rings is 1. The van der Waals surface area contributed by atoms with Crippen LogP contribution in [0.2, 0.25) is 0 Å². The lowest BCUT2D eigenvalue weighted by Crippen LogP contribution is -2.26. The molecule has 2 heterocycles. The van der Waals surface area contributed by atoms with E-state index < -0.39 is 6.29 Å². The first kappa shape index (κ1) is 11.6. The second-order valence-corrected chi connectivity index (χ2v) is 4.04. The molecule has 0 unspecified atom stereocenters. The number of aryl methyl sites for hydroxylation is 1. The predicted molar refractivity (Wildman–Crippen MR) is 59.9 cm³/mol. The van der Waals surface area contributed by atoms with E-state index in [1.807, 2.05) is 0 Å². The Bertz CT molecular complexity index is 667. The highest BCUT2D eigenvalue weighted by Gasteiger charge is 2.46. The summed E-state index contributed by atoms with van der Waals surface area (Å²) in [6, 6.07) is 2.88. The van der Waals surface area contributed by atoms with Crippen molar-refractivity contribution in [2.75, 3.05) is 0 Å². The molecule has 0 N–H and O–H groups in total. The average Bonchev–Trinajstić information content (AvgIpc) is 2.90. The van der Waals surface area contributed by atoms with Gasteiger partial charge in [0.05, 0.1) is 23.3 Å². The summed E-state index contributed by atoms with van der Waals surface area (Å²) in [7, 11) is 0. The Morgan fingerprint density at radius 1 is 1.32 bits per heavy atom. The number of alkyl halides is 2. The molecule has 1 aliphatic rings. The molecule has 0 fully saturated rings. The molecule has 1 aliphatic heterocycles. The minimum atomic E-state index is -3.77. The molecule has 2 aromatic rings. The van der Waals surface area contributed by atoms with Gasteiger partial charge in [0.1, 0.15) is 0 Å². The summed E-state index contributed by atoms with van der Waals surface area (Å²) in [5.41, 5.74) is 1.06. The topological polar surface area (TPSA) is 53.4 Å². The molecule has 0 saturated heterocycles. The summed E-state index contributed by atoms with van der Waals surface area (Å²) in [5, 5.41) is 0. The van der Waals surface area contributed by atoms with Crippen molar-refractivity contribution in [2.24, 2.45) is 0 Å². The lowest BCUT2D eigenvalue weighted by Gasteiger charge is -2.07. The summed E-state index contributed by atoms with van der Waals surface area (Å²) in [6.45, 7) is 1.77. The van der Waals surface area contributed by atoms with Gasteiger partial charge in [-0.05, 0) is 19.1 Å². The van der Waals surface area contributed by atoms with Crippen molar-refractivity contribution in [3.05, 3.63) is 35.9 Å². The normalized spacial score (nSPS) is 15.5. The Hall–Kier alpha value is -2.44. The van der Waals surface area contributed by atoms with Crippen LogP contribution in [0.25, 0.3) is 5.69 Å². The first-order valence-corrected chi connectivity index (χ1v) is 5.39. The molecule has 1 aromatic carbocycles. The standard InChI is InChI=1S/C12H8F2N2O3/c1-7-4-16(6-15-7)9-3-2-8(5-17)10-11(9)19-12(13,14)18-10/h2-6H,1H3. The fraction of sp³-hybridized carbons (Fsp3) is 0.167. The van der Waals surface area contributed by atoms with Crippen molar-refractivity contribution in [1.82, 2.24) is 9.55 Å². The van der Waals surface area contributed by atoms with Crippen LogP contribution in [0.1, 0.15) is 16.1 Å². The molecular weight excluding hydrogens is 258 g/mol. The number of hydrogen-bond acceptors (Lipinski definition) is 4. The van der Waals surface area contributed by atoms with Crippen LogP contribution in [0.3, 0.4) is 0 Å². The highest BCUT2D eigenvalue weighted by molar-refractivity contribution is 5.83. The average molecular weight is 266 g/mol. The van der Waals surface area contributed by atoms with E-state index in [4.69, 9.17) is 0 Å². The summed E-state index contributed by atoms with van der Waals surface area (Å²) in [6.07, 6.45) is -0.222. The monoisotopic (exact) mass is 266 g/mol. The second-order valence-electron chi connectivity index (χ2n) is 4.04. The number of aromatic nitrogens is 2. The van der Waals surface area contributed by atoms with Crippen LogP contribution >= 0.6 is 0 Å². The van der Waals surface area contributed by atoms with Crippen LogP contribution in [-0.2, 0) is 0 Å². The molecule has 19 heavy (non-hydrogen) atoms. The predicted octanol–water partition coefficient (Wildman–Crippen LogP) is 2.31. The Morgan fingerprint density at radius 2 is 2.05 bits per heavy atom. The Kier molecular flexibility index (Phi) is 2.31. The molecule has 5 nitrogen and oxygen atoms in total. The molecule has 1 aromatic heterocycles. The fourth-order valence-corrected chi connectivity index (χ4v) is 1.88. The molecule has 0 spiro atoms. The molecule has 0 bridgehead atoms. The maximum Gasteiger partial charge on any atom is 0.586 e. The molecule has 0 atom stereocenters. The second kappa shape index (κ2) is 3.78. The number of imidazole rings is 1. The summed E-state index contributed by atoms with van der Waals surface area (Å²) < 4.78 is 36.7. The number of halogens is 2. The highest BCUT2D eigenvalue weighted by atomic mass is 19.3. The molecule has 98 valence electrons. The zero-order chi connectivity index (χ0) is 13.6. The van der Waals surface area contributed by atoms with Gasteiger partial charge in [-0.1, -0.05) is 0 Å². The third-order valence-corrected chi connectivity index (χ3v) is 2.68. The first-order chi connectivity index (χ1) is 9.00. The van der Waals surface area contributed by atoms with Crippen molar-refractivity contribution in [3.8, 4) is 17.2 Å². The van der Waals surface area contributed by atoms with Crippen LogP contribution in [-0.4, -0.2) is 22.1 Å². The van der Waals surface area contributed by atoms with Gasteiger partial charge in [0.2, 0.25) is 0 Å². The molecule has 0 radical (unpaired) electrons. The van der Waals surface area contributed by atoms with Gasteiger partial charge in [0.25, 0.3) is 0 Å². The summed E-state index contributed by atoms with van der Waals surface area (Å²) in [5.74, 6) is -0.434. The van der Waals surface area contributed by atoms with Crippen LogP contribution in [0, 0.1) is 6.92 Å². The molecule has 7 heteroatoms. The van der Waals surface area contributed by atoms with Gasteiger partial charge in [-0.25, -0.2) is 4.98 Å². The van der Waals surface area contributed by atoms with E-state index in [0.29, 0.717) is 12.0 Å². The lowest BCUT2D eigenvalue weighted by atomic mass is 10.2. The van der Waals surface area contributed by atoms with Gasteiger partial charge >= 0.3 is 6.29 Å². The minimum Gasteiger partial charge on any atom is -0.394 e. The lowest BCUT2D eigenvalue weighted by molar-refractivity contribution is -0.286. The van der Waals surface area contributed by atoms with E-state index >= 15 is 0 Å². The van der Waals surface area contributed by atoms with Crippen molar-refractivity contribution >= 4 is 6.29 Å². The van der Waals surface area contributed by atoms with Gasteiger partial charge < -0.3 is 14.0 Å². The minimum absolute atomic E-state index is 0.00719. The molecule has 0 saturated carbocycles. The molecule has 0 aliphatic carbocycles. The van der Waals surface area contributed by atoms with Crippen LogP contribution < -0.4 is 9.47 Å². The summed E-state index contributed by atoms with van der Waals surface area (Å²) in [4.78, 5) is 14.8. The number of fused-ring (bicyclic) bond motifs is 1. The fourth-order valence-electron chi connectivity index (χ4n) is 1.88. The Labute approximate surface area is 106 Å². The summed E-state index contributed by atoms with van der Waals surface area (Å²) >= 11 is 0. The van der Waals surface area contributed by atoms with Gasteiger partial charge in [-0.15, -0.1) is 8.78 Å². The smallest absolute Gasteiger partial charge is 0.394 e. The third kappa shape index (κ3) is 1.83.